The Kier molecular flexibility index (Phi) is 5.67. The third-order valence-electron chi connectivity index (χ3n) is 3.67. The van der Waals surface area contributed by atoms with E-state index in [9.17, 15) is 0 Å². The minimum atomic E-state index is 0.651. The van der Waals surface area contributed by atoms with Crippen LogP contribution in [0.4, 0.5) is 0 Å². The van der Waals surface area contributed by atoms with Crippen LogP contribution in [0.2, 0.25) is 0 Å². The molecule has 1 aromatic carbocycles. The quantitative estimate of drug-likeness (QED) is 0.827. The molecule has 0 spiro atoms. The van der Waals surface area contributed by atoms with Crippen LogP contribution in [0.15, 0.2) is 18.2 Å². The van der Waals surface area contributed by atoms with Gasteiger partial charge < -0.3 is 15.4 Å². The van der Waals surface area contributed by atoms with Gasteiger partial charge in [-0.2, -0.15) is 0 Å². The number of ether oxygens (including phenoxy) is 1. The van der Waals surface area contributed by atoms with Crippen LogP contribution < -0.4 is 15.4 Å². The minimum absolute atomic E-state index is 0.651. The predicted octanol–water partition coefficient (Wildman–Crippen LogP) is 2.63. The second-order valence-corrected chi connectivity index (χ2v) is 5.31. The van der Waals surface area contributed by atoms with Gasteiger partial charge >= 0.3 is 0 Å². The molecule has 1 fully saturated rings. The molecule has 1 aliphatic heterocycles. The summed E-state index contributed by atoms with van der Waals surface area (Å²) in [5, 5.41) is 7.11. The molecular formula is C16H26N2O. The fourth-order valence-corrected chi connectivity index (χ4v) is 2.63. The van der Waals surface area contributed by atoms with E-state index in [1.807, 2.05) is 6.92 Å². The minimum Gasteiger partial charge on any atom is -0.494 e. The zero-order valence-electron chi connectivity index (χ0n) is 12.2. The average molecular weight is 262 g/mol. The van der Waals surface area contributed by atoms with E-state index in [0.717, 1.165) is 25.4 Å². The van der Waals surface area contributed by atoms with Crippen molar-refractivity contribution >= 4 is 0 Å². The van der Waals surface area contributed by atoms with Crippen LogP contribution in [0.3, 0.4) is 0 Å². The maximum absolute atomic E-state index is 5.56. The van der Waals surface area contributed by atoms with Crippen molar-refractivity contribution in [1.82, 2.24) is 10.6 Å². The summed E-state index contributed by atoms with van der Waals surface area (Å²) in [7, 11) is 0. The highest BCUT2D eigenvalue weighted by Gasteiger charge is 2.11. The zero-order chi connectivity index (χ0) is 13.5. The molecule has 0 amide bonds. The highest BCUT2D eigenvalue weighted by atomic mass is 16.5. The van der Waals surface area contributed by atoms with Gasteiger partial charge in [-0.25, -0.2) is 0 Å². The molecule has 19 heavy (non-hydrogen) atoms. The number of piperidine rings is 1. The highest BCUT2D eigenvalue weighted by Crippen LogP contribution is 2.19. The summed E-state index contributed by atoms with van der Waals surface area (Å²) in [6, 6.07) is 7.10. The molecule has 1 heterocycles. The SMILES string of the molecule is CCOc1ccc(CNCC2CCCCN2)cc1C. The Labute approximate surface area is 116 Å². The van der Waals surface area contributed by atoms with Crippen molar-refractivity contribution in [2.75, 3.05) is 19.7 Å². The molecule has 1 saturated heterocycles. The van der Waals surface area contributed by atoms with E-state index in [-0.39, 0.29) is 0 Å². The molecule has 0 radical (unpaired) electrons. The number of rotatable bonds is 6. The van der Waals surface area contributed by atoms with Gasteiger partial charge in [-0.3, -0.25) is 0 Å². The van der Waals surface area contributed by atoms with Gasteiger partial charge in [0.05, 0.1) is 6.61 Å². The van der Waals surface area contributed by atoms with Crippen LogP contribution in [0, 0.1) is 6.92 Å². The van der Waals surface area contributed by atoms with Gasteiger partial charge in [0.2, 0.25) is 0 Å². The molecule has 0 aliphatic carbocycles. The van der Waals surface area contributed by atoms with E-state index in [1.165, 1.54) is 36.9 Å². The second kappa shape index (κ2) is 7.51. The van der Waals surface area contributed by atoms with Crippen molar-refractivity contribution in [3.05, 3.63) is 29.3 Å². The van der Waals surface area contributed by atoms with Crippen molar-refractivity contribution in [3.63, 3.8) is 0 Å². The smallest absolute Gasteiger partial charge is 0.122 e. The number of benzene rings is 1. The lowest BCUT2D eigenvalue weighted by molar-refractivity contribution is 0.337. The lowest BCUT2D eigenvalue weighted by atomic mass is 10.0. The fourth-order valence-electron chi connectivity index (χ4n) is 2.63. The van der Waals surface area contributed by atoms with Crippen molar-refractivity contribution in [1.29, 1.82) is 0 Å². The standard InChI is InChI=1S/C16H26N2O/c1-3-19-16-8-7-14(10-13(16)2)11-17-12-15-6-4-5-9-18-15/h7-8,10,15,17-18H,3-6,9,11-12H2,1-2H3. The molecule has 1 aromatic rings. The topological polar surface area (TPSA) is 33.3 Å². The molecule has 0 aromatic heterocycles. The van der Waals surface area contributed by atoms with Crippen LogP contribution in [0.1, 0.15) is 37.3 Å². The van der Waals surface area contributed by atoms with Crippen molar-refractivity contribution < 1.29 is 4.74 Å². The Morgan fingerprint density at radius 3 is 2.95 bits per heavy atom. The molecular weight excluding hydrogens is 236 g/mol. The van der Waals surface area contributed by atoms with E-state index in [4.69, 9.17) is 4.74 Å². The first-order chi connectivity index (χ1) is 9.29. The monoisotopic (exact) mass is 262 g/mol. The lowest BCUT2D eigenvalue weighted by Gasteiger charge is -2.23. The molecule has 106 valence electrons. The first-order valence-corrected chi connectivity index (χ1v) is 7.46. The Bertz CT molecular complexity index is 386. The summed E-state index contributed by atoms with van der Waals surface area (Å²) in [5.41, 5.74) is 2.55. The van der Waals surface area contributed by atoms with Crippen LogP contribution in [-0.2, 0) is 6.54 Å². The van der Waals surface area contributed by atoms with E-state index in [0.29, 0.717) is 6.04 Å². The first-order valence-electron chi connectivity index (χ1n) is 7.46. The van der Waals surface area contributed by atoms with Crippen molar-refractivity contribution in [2.24, 2.45) is 0 Å². The Balaban J connectivity index is 1.77. The molecule has 1 unspecified atom stereocenters. The summed E-state index contributed by atoms with van der Waals surface area (Å²) in [4.78, 5) is 0. The Morgan fingerprint density at radius 1 is 1.37 bits per heavy atom. The normalized spacial score (nSPS) is 19.4. The third-order valence-corrected chi connectivity index (χ3v) is 3.67. The summed E-state index contributed by atoms with van der Waals surface area (Å²) >= 11 is 0. The average Bonchev–Trinajstić information content (AvgIpc) is 2.43. The molecule has 3 heteroatoms. The molecule has 0 bridgehead atoms. The van der Waals surface area contributed by atoms with Gasteiger partial charge in [-0.05, 0) is 50.4 Å². The number of hydrogen-bond acceptors (Lipinski definition) is 3. The Hall–Kier alpha value is -1.06. The predicted molar refractivity (Wildman–Crippen MR) is 79.7 cm³/mol. The molecule has 2 rings (SSSR count). The maximum Gasteiger partial charge on any atom is 0.122 e. The lowest BCUT2D eigenvalue weighted by Crippen LogP contribution is -2.41. The third kappa shape index (κ3) is 4.51. The highest BCUT2D eigenvalue weighted by molar-refractivity contribution is 5.36. The van der Waals surface area contributed by atoms with Crippen LogP contribution >= 0.6 is 0 Å². The van der Waals surface area contributed by atoms with Crippen LogP contribution in [0.25, 0.3) is 0 Å². The summed E-state index contributed by atoms with van der Waals surface area (Å²) in [6.45, 7) is 8.03. The van der Waals surface area contributed by atoms with E-state index < -0.39 is 0 Å². The largest absolute Gasteiger partial charge is 0.494 e. The van der Waals surface area contributed by atoms with E-state index in [2.05, 4.69) is 35.8 Å². The maximum atomic E-state index is 5.56. The van der Waals surface area contributed by atoms with Crippen LogP contribution in [-0.4, -0.2) is 25.7 Å². The van der Waals surface area contributed by atoms with Gasteiger partial charge in [0.15, 0.2) is 0 Å². The van der Waals surface area contributed by atoms with Gasteiger partial charge in [0.25, 0.3) is 0 Å². The number of nitrogens with one attached hydrogen (secondary N) is 2. The Morgan fingerprint density at radius 2 is 2.26 bits per heavy atom. The molecule has 1 atom stereocenters. The van der Waals surface area contributed by atoms with Gasteiger partial charge in [-0.15, -0.1) is 0 Å². The second-order valence-electron chi connectivity index (χ2n) is 5.31. The first kappa shape index (κ1) is 14.4. The van der Waals surface area contributed by atoms with Gasteiger partial charge in [0.1, 0.15) is 5.75 Å². The molecule has 0 saturated carbocycles. The van der Waals surface area contributed by atoms with Crippen LogP contribution in [0.5, 0.6) is 5.75 Å². The number of aryl methyl sites for hydroxylation is 1. The molecule has 2 N–H and O–H groups in total. The fraction of sp³-hybridized carbons (Fsp3) is 0.625. The summed E-state index contributed by atoms with van der Waals surface area (Å²) in [5.74, 6) is 1.00. The molecule has 3 nitrogen and oxygen atoms in total. The van der Waals surface area contributed by atoms with E-state index in [1.54, 1.807) is 0 Å². The zero-order valence-corrected chi connectivity index (χ0v) is 12.2. The molecule has 1 aliphatic rings. The van der Waals surface area contributed by atoms with E-state index >= 15 is 0 Å². The van der Waals surface area contributed by atoms with Gasteiger partial charge in [0, 0.05) is 19.1 Å². The van der Waals surface area contributed by atoms with Gasteiger partial charge in [-0.1, -0.05) is 18.6 Å². The van der Waals surface area contributed by atoms with Crippen molar-refractivity contribution in [2.45, 2.75) is 45.7 Å². The van der Waals surface area contributed by atoms with Crippen molar-refractivity contribution in [3.8, 4) is 5.75 Å². The number of hydrogen-bond donors (Lipinski definition) is 2. The summed E-state index contributed by atoms with van der Waals surface area (Å²) in [6.07, 6.45) is 3.99. The summed E-state index contributed by atoms with van der Waals surface area (Å²) < 4.78 is 5.56.